The van der Waals surface area contributed by atoms with E-state index in [0.29, 0.717) is 12.6 Å². The number of sulfonamides is 1. The van der Waals surface area contributed by atoms with Gasteiger partial charge >= 0.3 is 0 Å². The van der Waals surface area contributed by atoms with Crippen LogP contribution in [0.25, 0.3) is 0 Å². The third-order valence-electron chi connectivity index (χ3n) is 4.08. The topological polar surface area (TPSA) is 58.4 Å². The first-order valence-electron chi connectivity index (χ1n) is 7.46. The summed E-state index contributed by atoms with van der Waals surface area (Å²) in [6.45, 7) is 6.56. The zero-order chi connectivity index (χ0) is 15.6. The van der Waals surface area contributed by atoms with E-state index >= 15 is 0 Å². The molecule has 0 N–H and O–H groups in total. The molecule has 0 aromatic carbocycles. The number of piperidine rings is 1. The van der Waals surface area contributed by atoms with E-state index in [1.54, 1.807) is 14.1 Å². The fourth-order valence-electron chi connectivity index (χ4n) is 2.85. The highest BCUT2D eigenvalue weighted by atomic mass is 32.2. The van der Waals surface area contributed by atoms with Crippen LogP contribution < -0.4 is 0 Å². The van der Waals surface area contributed by atoms with Crippen molar-refractivity contribution in [3.63, 3.8) is 0 Å². The van der Waals surface area contributed by atoms with Crippen LogP contribution in [0.1, 0.15) is 38.4 Å². The van der Waals surface area contributed by atoms with E-state index in [9.17, 15) is 8.42 Å². The molecule has 0 saturated carbocycles. The van der Waals surface area contributed by atoms with Gasteiger partial charge in [-0.15, -0.1) is 0 Å². The Bertz CT molecular complexity index is 565. The maximum absolute atomic E-state index is 12.3. The van der Waals surface area contributed by atoms with E-state index in [2.05, 4.69) is 28.3 Å². The summed E-state index contributed by atoms with van der Waals surface area (Å²) in [5.74, 6) is 0. The van der Waals surface area contributed by atoms with Gasteiger partial charge in [-0.3, -0.25) is 4.90 Å². The number of aromatic nitrogens is 2. The Hall–Kier alpha value is -0.920. The van der Waals surface area contributed by atoms with Crippen molar-refractivity contribution in [3.8, 4) is 0 Å². The van der Waals surface area contributed by atoms with Gasteiger partial charge in [0.25, 0.3) is 0 Å². The minimum atomic E-state index is -3.17. The lowest BCUT2D eigenvalue weighted by atomic mass is 10.1. The summed E-state index contributed by atoms with van der Waals surface area (Å²) in [5, 5.41) is -0.295. The predicted octanol–water partition coefficient (Wildman–Crippen LogP) is 1.32. The highest BCUT2D eigenvalue weighted by Crippen LogP contribution is 2.21. The van der Waals surface area contributed by atoms with Crippen molar-refractivity contribution in [1.29, 1.82) is 0 Å². The Morgan fingerprint density at radius 2 is 2.14 bits per heavy atom. The first-order chi connectivity index (χ1) is 9.82. The predicted molar refractivity (Wildman–Crippen MR) is 83.5 cm³/mol. The van der Waals surface area contributed by atoms with Crippen molar-refractivity contribution in [3.05, 3.63) is 18.2 Å². The largest absolute Gasteiger partial charge is 0.331 e. The van der Waals surface area contributed by atoms with Crippen LogP contribution in [0.2, 0.25) is 0 Å². The normalized spacial score (nSPS) is 21.3. The fraction of sp³-hybridized carbons (Fsp3) is 0.786. The number of hydrogen-bond donors (Lipinski definition) is 0. The SMILES string of the molecule is CC(C)n1cncc1CN1CCCC(S(=O)(=O)N(C)C)C1. The van der Waals surface area contributed by atoms with Crippen LogP contribution in [0.5, 0.6) is 0 Å². The van der Waals surface area contributed by atoms with Crippen molar-refractivity contribution in [1.82, 2.24) is 18.8 Å². The van der Waals surface area contributed by atoms with Crippen LogP contribution in [0.3, 0.4) is 0 Å². The average Bonchev–Trinajstić information content (AvgIpc) is 2.87. The van der Waals surface area contributed by atoms with E-state index in [4.69, 9.17) is 0 Å². The van der Waals surface area contributed by atoms with E-state index in [1.165, 1.54) is 4.31 Å². The molecule has 0 radical (unpaired) electrons. The molecule has 2 rings (SSSR count). The maximum atomic E-state index is 12.3. The standard InChI is InChI=1S/C14H26N4O2S/c1-12(2)18-11-15-8-13(18)9-17-7-5-6-14(10-17)21(19,20)16(3)4/h8,11-12,14H,5-7,9-10H2,1-4H3. The Kier molecular flexibility index (Phi) is 5.06. The molecule has 1 aromatic heterocycles. The molecule has 2 heterocycles. The molecule has 1 atom stereocenters. The molecule has 0 spiro atoms. The zero-order valence-electron chi connectivity index (χ0n) is 13.4. The van der Waals surface area contributed by atoms with Crippen molar-refractivity contribution < 1.29 is 8.42 Å². The second kappa shape index (κ2) is 6.46. The molecule has 1 fully saturated rings. The summed E-state index contributed by atoms with van der Waals surface area (Å²) in [4.78, 5) is 6.44. The van der Waals surface area contributed by atoms with Crippen LogP contribution in [0, 0.1) is 0 Å². The molecule has 1 aliphatic heterocycles. The number of rotatable bonds is 5. The molecule has 1 aromatic rings. The van der Waals surface area contributed by atoms with Gasteiger partial charge in [-0.25, -0.2) is 17.7 Å². The van der Waals surface area contributed by atoms with E-state index in [1.807, 2.05) is 12.5 Å². The van der Waals surface area contributed by atoms with Gasteiger partial charge in [-0.05, 0) is 33.2 Å². The smallest absolute Gasteiger partial charge is 0.217 e. The highest BCUT2D eigenvalue weighted by molar-refractivity contribution is 7.89. The molecule has 0 bridgehead atoms. The van der Waals surface area contributed by atoms with Gasteiger partial charge < -0.3 is 4.57 Å². The molecule has 21 heavy (non-hydrogen) atoms. The quantitative estimate of drug-likeness (QED) is 0.822. The summed E-state index contributed by atoms with van der Waals surface area (Å²) in [5.41, 5.74) is 1.15. The molecule has 6 nitrogen and oxygen atoms in total. The van der Waals surface area contributed by atoms with Gasteiger partial charge in [0.2, 0.25) is 10.0 Å². The zero-order valence-corrected chi connectivity index (χ0v) is 14.2. The number of hydrogen-bond acceptors (Lipinski definition) is 4. The summed E-state index contributed by atoms with van der Waals surface area (Å²) < 4.78 is 28.1. The lowest BCUT2D eigenvalue weighted by Gasteiger charge is -2.33. The summed E-state index contributed by atoms with van der Waals surface area (Å²) in [7, 11) is 0.0574. The molecule has 0 aliphatic carbocycles. The molecule has 120 valence electrons. The highest BCUT2D eigenvalue weighted by Gasteiger charge is 2.32. The number of nitrogens with zero attached hydrogens (tertiary/aromatic N) is 4. The van der Waals surface area contributed by atoms with Crippen LogP contribution >= 0.6 is 0 Å². The lowest BCUT2D eigenvalue weighted by molar-refractivity contribution is 0.214. The first-order valence-corrected chi connectivity index (χ1v) is 8.97. The van der Waals surface area contributed by atoms with E-state index in [-0.39, 0.29) is 5.25 Å². The van der Waals surface area contributed by atoms with Crippen molar-refractivity contribution in [2.75, 3.05) is 27.2 Å². The van der Waals surface area contributed by atoms with Crippen LogP contribution in [-0.4, -0.2) is 59.6 Å². The van der Waals surface area contributed by atoms with Crippen molar-refractivity contribution in [2.24, 2.45) is 0 Å². The Labute approximate surface area is 127 Å². The molecule has 1 saturated heterocycles. The summed E-state index contributed by atoms with van der Waals surface area (Å²) in [6, 6.07) is 0.369. The maximum Gasteiger partial charge on any atom is 0.217 e. The van der Waals surface area contributed by atoms with Gasteiger partial charge in [0, 0.05) is 39.4 Å². The first kappa shape index (κ1) is 16.5. The van der Waals surface area contributed by atoms with Crippen LogP contribution in [-0.2, 0) is 16.6 Å². The lowest BCUT2D eigenvalue weighted by Crippen LogP contribution is -2.45. The Morgan fingerprint density at radius 1 is 1.43 bits per heavy atom. The summed E-state index contributed by atoms with van der Waals surface area (Å²) in [6.07, 6.45) is 5.40. The van der Waals surface area contributed by atoms with Gasteiger partial charge in [0.05, 0.1) is 17.3 Å². The third-order valence-corrected chi connectivity index (χ3v) is 6.33. The molecular formula is C14H26N4O2S. The van der Waals surface area contributed by atoms with Gasteiger partial charge in [0.15, 0.2) is 0 Å². The average molecular weight is 314 g/mol. The second-order valence-electron chi connectivity index (χ2n) is 6.21. The minimum Gasteiger partial charge on any atom is -0.331 e. The number of imidazole rings is 1. The van der Waals surface area contributed by atoms with E-state index < -0.39 is 10.0 Å². The molecule has 0 amide bonds. The molecule has 7 heteroatoms. The summed E-state index contributed by atoms with van der Waals surface area (Å²) >= 11 is 0. The van der Waals surface area contributed by atoms with E-state index in [0.717, 1.165) is 31.6 Å². The monoisotopic (exact) mass is 314 g/mol. The van der Waals surface area contributed by atoms with Gasteiger partial charge in [0.1, 0.15) is 0 Å². The van der Waals surface area contributed by atoms with Gasteiger partial charge in [-0.1, -0.05) is 0 Å². The number of likely N-dealkylation sites (tertiary alicyclic amines) is 1. The van der Waals surface area contributed by atoms with Crippen LogP contribution in [0.4, 0.5) is 0 Å². The van der Waals surface area contributed by atoms with Gasteiger partial charge in [-0.2, -0.15) is 0 Å². The van der Waals surface area contributed by atoms with Crippen molar-refractivity contribution in [2.45, 2.75) is 44.5 Å². The second-order valence-corrected chi connectivity index (χ2v) is 8.64. The Balaban J connectivity index is 2.07. The molecule has 1 unspecified atom stereocenters. The third kappa shape index (κ3) is 3.64. The van der Waals surface area contributed by atoms with Crippen molar-refractivity contribution >= 4 is 10.0 Å². The molecular weight excluding hydrogens is 288 g/mol. The fourth-order valence-corrected chi connectivity index (χ4v) is 4.31. The Morgan fingerprint density at radius 3 is 2.76 bits per heavy atom. The molecule has 1 aliphatic rings. The van der Waals surface area contributed by atoms with Crippen LogP contribution in [0.15, 0.2) is 12.5 Å². The minimum absolute atomic E-state index is 0.295.